The highest BCUT2D eigenvalue weighted by Crippen LogP contribution is 2.24. The normalized spacial score (nSPS) is 29.4. The van der Waals surface area contributed by atoms with Crippen LogP contribution in [0, 0.1) is 11.8 Å². The molecular weight excluding hydrogens is 252 g/mol. The Bertz CT molecular complexity index is 303. The maximum absolute atomic E-state index is 10.9. The number of hydrogen-bond acceptors (Lipinski definition) is 3. The summed E-state index contributed by atoms with van der Waals surface area (Å²) < 4.78 is 0. The highest BCUT2D eigenvalue weighted by Gasteiger charge is 2.27. The Morgan fingerprint density at radius 2 is 1.95 bits per heavy atom. The number of hydrogen-bond donors (Lipinski definition) is 2. The van der Waals surface area contributed by atoms with E-state index in [4.69, 9.17) is 5.11 Å². The molecule has 0 spiro atoms. The first-order chi connectivity index (χ1) is 9.67. The monoisotopic (exact) mass is 282 g/mol. The van der Waals surface area contributed by atoms with Crippen LogP contribution in [0.5, 0.6) is 0 Å². The van der Waals surface area contributed by atoms with Crippen LogP contribution in [-0.4, -0.2) is 48.2 Å². The van der Waals surface area contributed by atoms with Gasteiger partial charge in [-0.2, -0.15) is 0 Å². The summed E-state index contributed by atoms with van der Waals surface area (Å²) in [6.45, 7) is 5.38. The fourth-order valence-corrected chi connectivity index (χ4v) is 3.79. The average Bonchev–Trinajstić information content (AvgIpc) is 2.45. The number of nitrogens with one attached hydrogen (secondary N) is 1. The van der Waals surface area contributed by atoms with E-state index in [1.165, 1.54) is 38.5 Å². The van der Waals surface area contributed by atoms with Gasteiger partial charge in [-0.15, -0.1) is 0 Å². The van der Waals surface area contributed by atoms with Gasteiger partial charge in [-0.05, 0) is 37.6 Å². The lowest BCUT2D eigenvalue weighted by Crippen LogP contribution is -2.51. The minimum atomic E-state index is -0.701. The van der Waals surface area contributed by atoms with Gasteiger partial charge in [0, 0.05) is 19.1 Å². The molecule has 1 heterocycles. The van der Waals surface area contributed by atoms with Crippen LogP contribution in [-0.2, 0) is 4.79 Å². The zero-order chi connectivity index (χ0) is 14.4. The van der Waals surface area contributed by atoms with Gasteiger partial charge in [0.25, 0.3) is 0 Å². The molecule has 4 heteroatoms. The topological polar surface area (TPSA) is 52.6 Å². The molecule has 2 fully saturated rings. The fraction of sp³-hybridized carbons (Fsp3) is 0.938. The van der Waals surface area contributed by atoms with Crippen molar-refractivity contribution in [3.05, 3.63) is 0 Å². The summed E-state index contributed by atoms with van der Waals surface area (Å²) >= 11 is 0. The average molecular weight is 282 g/mol. The van der Waals surface area contributed by atoms with Crippen LogP contribution in [0.3, 0.4) is 0 Å². The number of carboxylic acids is 1. The summed E-state index contributed by atoms with van der Waals surface area (Å²) in [4.78, 5) is 13.0. The molecule has 0 aromatic carbocycles. The zero-order valence-corrected chi connectivity index (χ0v) is 12.8. The number of likely N-dealkylation sites (tertiary alicyclic amines) is 1. The number of piperidine rings is 1. The third-order valence-electron chi connectivity index (χ3n) is 4.97. The number of nitrogens with zero attached hydrogens (tertiary/aromatic N) is 1. The lowest BCUT2D eigenvalue weighted by atomic mass is 9.88. The Labute approximate surface area is 122 Å². The third kappa shape index (κ3) is 5.06. The van der Waals surface area contributed by atoms with Crippen LogP contribution < -0.4 is 5.32 Å². The molecule has 1 aliphatic carbocycles. The van der Waals surface area contributed by atoms with Gasteiger partial charge in [-0.3, -0.25) is 9.69 Å². The van der Waals surface area contributed by atoms with E-state index in [2.05, 4.69) is 17.1 Å². The van der Waals surface area contributed by atoms with Gasteiger partial charge in [0.15, 0.2) is 0 Å². The van der Waals surface area contributed by atoms with Crippen LogP contribution in [0.4, 0.5) is 0 Å². The number of aliphatic carboxylic acids is 1. The Kier molecular flexibility index (Phi) is 6.30. The Hall–Kier alpha value is -0.610. The highest BCUT2D eigenvalue weighted by molar-refractivity contribution is 5.69. The summed E-state index contributed by atoms with van der Waals surface area (Å²) in [6.07, 6.45) is 9.28. The molecule has 0 amide bonds. The second-order valence-corrected chi connectivity index (χ2v) is 6.71. The smallest absolute Gasteiger partial charge is 0.317 e. The first-order valence-corrected chi connectivity index (χ1v) is 8.35. The molecule has 0 aromatic rings. The molecule has 0 bridgehead atoms. The Balaban J connectivity index is 1.77. The SMILES string of the molecule is CCC1CC(NCC2CCCCC2)CN(CC(=O)O)C1. The lowest BCUT2D eigenvalue weighted by molar-refractivity contribution is -0.138. The van der Waals surface area contributed by atoms with E-state index >= 15 is 0 Å². The first-order valence-electron chi connectivity index (χ1n) is 8.35. The van der Waals surface area contributed by atoms with E-state index in [9.17, 15) is 4.79 Å². The number of rotatable bonds is 6. The Morgan fingerprint density at radius 1 is 1.20 bits per heavy atom. The van der Waals surface area contributed by atoms with Crippen molar-refractivity contribution in [3.63, 3.8) is 0 Å². The van der Waals surface area contributed by atoms with Gasteiger partial charge in [0.1, 0.15) is 0 Å². The predicted octanol–water partition coefficient (Wildman–Crippen LogP) is 2.34. The van der Waals surface area contributed by atoms with Crippen LogP contribution >= 0.6 is 0 Å². The maximum Gasteiger partial charge on any atom is 0.317 e. The molecule has 20 heavy (non-hydrogen) atoms. The van der Waals surface area contributed by atoms with E-state index in [1.807, 2.05) is 0 Å². The van der Waals surface area contributed by atoms with Crippen LogP contribution in [0.15, 0.2) is 0 Å². The van der Waals surface area contributed by atoms with Crippen molar-refractivity contribution >= 4 is 5.97 Å². The van der Waals surface area contributed by atoms with Gasteiger partial charge >= 0.3 is 5.97 Å². The first kappa shape index (κ1) is 15.8. The molecule has 116 valence electrons. The van der Waals surface area contributed by atoms with Crippen molar-refractivity contribution in [3.8, 4) is 0 Å². The molecule has 2 N–H and O–H groups in total. The zero-order valence-electron chi connectivity index (χ0n) is 12.8. The van der Waals surface area contributed by atoms with E-state index in [0.717, 1.165) is 32.0 Å². The molecular formula is C16H30N2O2. The highest BCUT2D eigenvalue weighted by atomic mass is 16.4. The number of carbonyl (C=O) groups is 1. The summed E-state index contributed by atoms with van der Waals surface area (Å²) in [6, 6.07) is 0.481. The minimum absolute atomic E-state index is 0.193. The van der Waals surface area contributed by atoms with Crippen molar-refractivity contribution in [1.29, 1.82) is 0 Å². The second kappa shape index (κ2) is 7.99. The molecule has 2 unspecified atom stereocenters. The molecule has 0 radical (unpaired) electrons. The molecule has 2 rings (SSSR count). The van der Waals surface area contributed by atoms with Crippen LogP contribution in [0.1, 0.15) is 51.9 Å². The molecule has 4 nitrogen and oxygen atoms in total. The van der Waals surface area contributed by atoms with Gasteiger partial charge in [-0.25, -0.2) is 0 Å². The fourth-order valence-electron chi connectivity index (χ4n) is 3.79. The third-order valence-corrected chi connectivity index (χ3v) is 4.97. The van der Waals surface area contributed by atoms with Crippen LogP contribution in [0.25, 0.3) is 0 Å². The molecule has 0 aromatic heterocycles. The summed E-state index contributed by atoms with van der Waals surface area (Å²) in [7, 11) is 0. The van der Waals surface area contributed by atoms with Crippen molar-refractivity contribution in [2.45, 2.75) is 57.9 Å². The van der Waals surface area contributed by atoms with Gasteiger partial charge in [0.05, 0.1) is 6.54 Å². The van der Waals surface area contributed by atoms with Gasteiger partial charge in [-0.1, -0.05) is 32.6 Å². The van der Waals surface area contributed by atoms with E-state index in [-0.39, 0.29) is 6.54 Å². The van der Waals surface area contributed by atoms with Gasteiger partial charge in [0.2, 0.25) is 0 Å². The van der Waals surface area contributed by atoms with Crippen molar-refractivity contribution < 1.29 is 9.90 Å². The Morgan fingerprint density at radius 3 is 2.60 bits per heavy atom. The standard InChI is InChI=1S/C16H30N2O2/c1-2-13-8-15(11-18(10-13)12-16(19)20)17-9-14-6-4-3-5-7-14/h13-15,17H,2-12H2,1H3,(H,19,20). The maximum atomic E-state index is 10.9. The van der Waals surface area contributed by atoms with E-state index in [1.54, 1.807) is 0 Å². The molecule has 1 saturated carbocycles. The lowest BCUT2D eigenvalue weighted by Gasteiger charge is -2.38. The van der Waals surface area contributed by atoms with Gasteiger partial charge < -0.3 is 10.4 Å². The van der Waals surface area contributed by atoms with Crippen molar-refractivity contribution in [2.24, 2.45) is 11.8 Å². The quantitative estimate of drug-likeness (QED) is 0.785. The van der Waals surface area contributed by atoms with E-state index in [0.29, 0.717) is 12.0 Å². The summed E-state index contributed by atoms with van der Waals surface area (Å²) in [5, 5.41) is 12.7. The van der Waals surface area contributed by atoms with Crippen molar-refractivity contribution in [2.75, 3.05) is 26.2 Å². The molecule has 1 aliphatic heterocycles. The molecule has 2 aliphatic rings. The predicted molar refractivity (Wildman–Crippen MR) is 80.8 cm³/mol. The van der Waals surface area contributed by atoms with Crippen LogP contribution in [0.2, 0.25) is 0 Å². The summed E-state index contributed by atoms with van der Waals surface area (Å²) in [5.41, 5.74) is 0. The minimum Gasteiger partial charge on any atom is -0.480 e. The molecule has 1 saturated heterocycles. The number of carboxylic acid groups (broad SMARTS) is 1. The second-order valence-electron chi connectivity index (χ2n) is 6.71. The van der Waals surface area contributed by atoms with E-state index < -0.39 is 5.97 Å². The summed E-state index contributed by atoms with van der Waals surface area (Å²) in [5.74, 6) is 0.790. The van der Waals surface area contributed by atoms with Crippen molar-refractivity contribution in [1.82, 2.24) is 10.2 Å². The molecule has 2 atom stereocenters. The largest absolute Gasteiger partial charge is 0.480 e.